The number of nitrogens with two attached hydrogens (primary N) is 1. The topological polar surface area (TPSA) is 38.0 Å². The monoisotopic (exact) mass is 364 g/mol. The quantitative estimate of drug-likeness (QED) is 0.806. The molecular formula is C12H11BrCl2N2S. The number of thiophene rings is 1. The Morgan fingerprint density at radius 3 is 2.67 bits per heavy atom. The number of benzene rings is 1. The van der Waals surface area contributed by atoms with Gasteiger partial charge in [-0.3, -0.25) is 0 Å². The molecule has 0 saturated heterocycles. The van der Waals surface area contributed by atoms with Gasteiger partial charge in [-0.15, -0.1) is 11.3 Å². The minimum atomic E-state index is 0.0252. The summed E-state index contributed by atoms with van der Waals surface area (Å²) in [5, 5.41) is 4.04. The molecule has 0 saturated carbocycles. The Kier molecular flexibility index (Phi) is 4.92. The van der Waals surface area contributed by atoms with Crippen LogP contribution < -0.4 is 11.1 Å². The van der Waals surface area contributed by atoms with Crippen LogP contribution in [0.15, 0.2) is 34.8 Å². The van der Waals surface area contributed by atoms with E-state index in [9.17, 15) is 0 Å². The van der Waals surface area contributed by atoms with Gasteiger partial charge in [-0.05, 0) is 40.2 Å². The van der Waals surface area contributed by atoms with Gasteiger partial charge in [-0.2, -0.15) is 0 Å². The maximum Gasteiger partial charge on any atom is 0.107 e. The highest BCUT2D eigenvalue weighted by Gasteiger charge is 2.14. The molecule has 1 unspecified atom stereocenters. The third kappa shape index (κ3) is 3.39. The second-order valence-corrected chi connectivity index (χ2v) is 6.69. The molecule has 18 heavy (non-hydrogen) atoms. The molecule has 0 amide bonds. The van der Waals surface area contributed by atoms with Gasteiger partial charge in [0.2, 0.25) is 0 Å². The van der Waals surface area contributed by atoms with Crippen LogP contribution in [0, 0.1) is 0 Å². The molecular weight excluding hydrogens is 355 g/mol. The molecule has 2 nitrogen and oxygen atoms in total. The van der Waals surface area contributed by atoms with Crippen LogP contribution in [0.3, 0.4) is 0 Å². The van der Waals surface area contributed by atoms with Crippen molar-refractivity contribution in [2.75, 3.05) is 11.9 Å². The first kappa shape index (κ1) is 14.2. The van der Waals surface area contributed by atoms with Gasteiger partial charge >= 0.3 is 0 Å². The van der Waals surface area contributed by atoms with E-state index in [1.165, 1.54) is 11.3 Å². The molecule has 1 aromatic carbocycles. The van der Waals surface area contributed by atoms with Gasteiger partial charge in [-0.1, -0.05) is 29.3 Å². The molecule has 0 radical (unpaired) electrons. The van der Waals surface area contributed by atoms with Crippen LogP contribution in [-0.4, -0.2) is 6.54 Å². The predicted octanol–water partition coefficient (Wildman–Crippen LogP) is 4.93. The van der Waals surface area contributed by atoms with E-state index >= 15 is 0 Å². The lowest BCUT2D eigenvalue weighted by Gasteiger charge is -2.16. The van der Waals surface area contributed by atoms with Crippen LogP contribution in [0.2, 0.25) is 9.36 Å². The summed E-state index contributed by atoms with van der Waals surface area (Å²) >= 11 is 16.9. The van der Waals surface area contributed by atoms with E-state index in [0.29, 0.717) is 11.6 Å². The van der Waals surface area contributed by atoms with Gasteiger partial charge in [0, 0.05) is 26.6 Å². The first-order valence-electron chi connectivity index (χ1n) is 5.27. The molecule has 0 aliphatic rings. The van der Waals surface area contributed by atoms with Crippen LogP contribution >= 0.6 is 50.5 Å². The van der Waals surface area contributed by atoms with Crippen molar-refractivity contribution in [2.45, 2.75) is 6.04 Å². The first-order valence-corrected chi connectivity index (χ1v) is 7.63. The summed E-state index contributed by atoms with van der Waals surface area (Å²) in [5.41, 5.74) is 6.75. The fourth-order valence-electron chi connectivity index (χ4n) is 1.56. The normalized spacial score (nSPS) is 12.4. The van der Waals surface area contributed by atoms with Crippen molar-refractivity contribution in [1.29, 1.82) is 0 Å². The van der Waals surface area contributed by atoms with Crippen molar-refractivity contribution in [3.63, 3.8) is 0 Å². The van der Waals surface area contributed by atoms with E-state index in [2.05, 4.69) is 21.2 Å². The summed E-state index contributed by atoms with van der Waals surface area (Å²) in [6.45, 7) is 0.482. The Bertz CT molecular complexity index is 525. The average Bonchev–Trinajstić information content (AvgIpc) is 2.66. The van der Waals surface area contributed by atoms with Crippen molar-refractivity contribution in [2.24, 2.45) is 5.73 Å². The van der Waals surface area contributed by atoms with E-state index in [1.807, 2.05) is 30.3 Å². The van der Waals surface area contributed by atoms with Crippen LogP contribution in [0.4, 0.5) is 5.69 Å². The zero-order valence-electron chi connectivity index (χ0n) is 9.29. The van der Waals surface area contributed by atoms with Crippen LogP contribution in [0.1, 0.15) is 10.9 Å². The second-order valence-electron chi connectivity index (χ2n) is 3.71. The van der Waals surface area contributed by atoms with Crippen molar-refractivity contribution in [3.8, 4) is 0 Å². The molecule has 1 atom stereocenters. The van der Waals surface area contributed by atoms with Gasteiger partial charge in [0.1, 0.15) is 4.34 Å². The highest BCUT2D eigenvalue weighted by atomic mass is 79.9. The Morgan fingerprint density at radius 2 is 2.11 bits per heavy atom. The predicted molar refractivity (Wildman–Crippen MR) is 83.9 cm³/mol. The Labute approximate surface area is 128 Å². The van der Waals surface area contributed by atoms with Crippen molar-refractivity contribution >= 4 is 56.2 Å². The highest BCUT2D eigenvalue weighted by molar-refractivity contribution is 9.10. The number of rotatable bonds is 4. The molecule has 0 fully saturated rings. The maximum absolute atomic E-state index is 6.04. The molecule has 2 aromatic rings. The van der Waals surface area contributed by atoms with Gasteiger partial charge in [0.15, 0.2) is 0 Å². The number of hydrogen-bond acceptors (Lipinski definition) is 3. The van der Waals surface area contributed by atoms with Crippen molar-refractivity contribution in [1.82, 2.24) is 0 Å². The highest BCUT2D eigenvalue weighted by Crippen LogP contribution is 2.36. The third-order valence-electron chi connectivity index (χ3n) is 2.41. The van der Waals surface area contributed by atoms with Gasteiger partial charge in [-0.25, -0.2) is 0 Å². The summed E-state index contributed by atoms with van der Waals surface area (Å²) in [5.74, 6) is 0. The number of anilines is 1. The fourth-order valence-corrected chi connectivity index (χ4v) is 3.55. The fraction of sp³-hybridized carbons (Fsp3) is 0.167. The molecule has 96 valence electrons. The largest absolute Gasteiger partial charge is 0.376 e. The SMILES string of the molecule is NCC(Nc1cccc(Cl)c1)c1cc(Br)c(Cl)s1. The van der Waals surface area contributed by atoms with Gasteiger partial charge in [0.05, 0.1) is 6.04 Å². The van der Waals surface area contributed by atoms with Gasteiger partial charge < -0.3 is 11.1 Å². The van der Waals surface area contributed by atoms with Crippen LogP contribution in [0.25, 0.3) is 0 Å². The Balaban J connectivity index is 2.19. The minimum Gasteiger partial charge on any atom is -0.376 e. The molecule has 2 rings (SSSR count). The summed E-state index contributed by atoms with van der Waals surface area (Å²) in [7, 11) is 0. The summed E-state index contributed by atoms with van der Waals surface area (Å²) in [6.07, 6.45) is 0. The van der Waals surface area contributed by atoms with Crippen molar-refractivity contribution < 1.29 is 0 Å². The standard InChI is InChI=1S/C12H11BrCl2N2S/c13-9-5-11(18-12(9)15)10(6-16)17-8-3-1-2-7(14)4-8/h1-5,10,17H,6,16H2. The molecule has 0 aliphatic carbocycles. The third-order valence-corrected chi connectivity index (χ3v) is 5.23. The first-order chi connectivity index (χ1) is 8.60. The Hall–Kier alpha value is -0.260. The van der Waals surface area contributed by atoms with E-state index in [-0.39, 0.29) is 6.04 Å². The molecule has 0 aliphatic heterocycles. The van der Waals surface area contributed by atoms with E-state index in [1.54, 1.807) is 0 Å². The lowest BCUT2D eigenvalue weighted by atomic mass is 10.2. The molecule has 1 heterocycles. The second kappa shape index (κ2) is 6.26. The zero-order chi connectivity index (χ0) is 13.1. The summed E-state index contributed by atoms with van der Waals surface area (Å²) < 4.78 is 1.63. The summed E-state index contributed by atoms with van der Waals surface area (Å²) in [6, 6.07) is 9.57. The van der Waals surface area contributed by atoms with E-state index in [4.69, 9.17) is 28.9 Å². The van der Waals surface area contributed by atoms with E-state index < -0.39 is 0 Å². The van der Waals surface area contributed by atoms with Crippen LogP contribution in [0.5, 0.6) is 0 Å². The molecule has 0 bridgehead atoms. The molecule has 0 spiro atoms. The lowest BCUT2D eigenvalue weighted by Crippen LogP contribution is -2.19. The van der Waals surface area contributed by atoms with Crippen molar-refractivity contribution in [3.05, 3.63) is 49.0 Å². The maximum atomic E-state index is 6.04. The van der Waals surface area contributed by atoms with Gasteiger partial charge in [0.25, 0.3) is 0 Å². The smallest absolute Gasteiger partial charge is 0.107 e. The lowest BCUT2D eigenvalue weighted by molar-refractivity contribution is 0.805. The number of halogens is 3. The van der Waals surface area contributed by atoms with E-state index in [0.717, 1.165) is 19.4 Å². The minimum absolute atomic E-state index is 0.0252. The Morgan fingerprint density at radius 1 is 1.33 bits per heavy atom. The summed E-state index contributed by atoms with van der Waals surface area (Å²) in [4.78, 5) is 1.09. The average molecular weight is 366 g/mol. The number of nitrogens with one attached hydrogen (secondary N) is 1. The number of hydrogen-bond donors (Lipinski definition) is 2. The molecule has 6 heteroatoms. The molecule has 1 aromatic heterocycles. The van der Waals surface area contributed by atoms with Crippen LogP contribution in [-0.2, 0) is 0 Å². The zero-order valence-corrected chi connectivity index (χ0v) is 13.2. The molecule has 3 N–H and O–H groups in total.